The van der Waals surface area contributed by atoms with Gasteiger partial charge in [-0.25, -0.2) is 4.39 Å². The summed E-state index contributed by atoms with van der Waals surface area (Å²) in [4.78, 5) is 16.0. The van der Waals surface area contributed by atoms with Gasteiger partial charge in [0.25, 0.3) is 5.91 Å². The Morgan fingerprint density at radius 3 is 2.70 bits per heavy atom. The van der Waals surface area contributed by atoms with Gasteiger partial charge in [0.15, 0.2) is 0 Å². The van der Waals surface area contributed by atoms with Gasteiger partial charge in [0.05, 0.1) is 11.9 Å². The molecule has 0 radical (unpaired) electrons. The van der Waals surface area contributed by atoms with Crippen LogP contribution in [0.1, 0.15) is 10.6 Å². The van der Waals surface area contributed by atoms with Gasteiger partial charge in [-0.3, -0.25) is 9.69 Å². The number of para-hydroxylation sites is 1. The van der Waals surface area contributed by atoms with Crippen molar-refractivity contribution in [2.75, 3.05) is 44.2 Å². The zero-order valence-corrected chi connectivity index (χ0v) is 12.7. The predicted octanol–water partition coefficient (Wildman–Crippen LogP) is 1.37. The highest BCUT2D eigenvalue weighted by molar-refractivity contribution is 5.91. The number of carbonyl (C=O) groups is 1. The molecule has 0 unspecified atom stereocenters. The SMILES string of the molecule is O=C(NCCN1CCN(c2ccccc2F)CC1)c1ccno1. The Morgan fingerprint density at radius 1 is 1.22 bits per heavy atom. The number of anilines is 1. The average molecular weight is 318 g/mol. The second-order valence-electron chi connectivity index (χ2n) is 5.41. The van der Waals surface area contributed by atoms with E-state index in [1.165, 1.54) is 18.3 Å². The molecule has 2 aromatic rings. The molecular weight excluding hydrogens is 299 g/mol. The van der Waals surface area contributed by atoms with Gasteiger partial charge in [-0.05, 0) is 12.1 Å². The maximum Gasteiger partial charge on any atom is 0.289 e. The number of nitrogens with zero attached hydrogens (tertiary/aromatic N) is 3. The third-order valence-corrected chi connectivity index (χ3v) is 3.94. The number of hydrogen-bond donors (Lipinski definition) is 1. The maximum absolute atomic E-state index is 13.8. The minimum Gasteiger partial charge on any atom is -0.367 e. The molecule has 1 aromatic carbocycles. The Bertz CT molecular complexity index is 639. The van der Waals surface area contributed by atoms with Crippen molar-refractivity contribution in [3.05, 3.63) is 48.1 Å². The Balaban J connectivity index is 1.41. The van der Waals surface area contributed by atoms with Crippen LogP contribution in [0.2, 0.25) is 0 Å². The van der Waals surface area contributed by atoms with Crippen molar-refractivity contribution in [3.63, 3.8) is 0 Å². The number of halogens is 1. The van der Waals surface area contributed by atoms with Crippen LogP contribution in [0.25, 0.3) is 0 Å². The van der Waals surface area contributed by atoms with E-state index in [4.69, 9.17) is 4.52 Å². The van der Waals surface area contributed by atoms with Gasteiger partial charge in [0.1, 0.15) is 5.82 Å². The Labute approximate surface area is 133 Å². The molecule has 122 valence electrons. The molecule has 3 rings (SSSR count). The molecule has 1 aromatic heterocycles. The van der Waals surface area contributed by atoms with Crippen LogP contribution in [0.3, 0.4) is 0 Å². The summed E-state index contributed by atoms with van der Waals surface area (Å²) >= 11 is 0. The van der Waals surface area contributed by atoms with Crippen LogP contribution < -0.4 is 10.2 Å². The summed E-state index contributed by atoms with van der Waals surface area (Å²) in [6.07, 6.45) is 1.44. The largest absolute Gasteiger partial charge is 0.367 e. The van der Waals surface area contributed by atoms with E-state index in [-0.39, 0.29) is 17.5 Å². The molecular formula is C16H19FN4O2. The summed E-state index contributed by atoms with van der Waals surface area (Å²) in [6, 6.07) is 8.38. The number of rotatable bonds is 5. The monoisotopic (exact) mass is 318 g/mol. The lowest BCUT2D eigenvalue weighted by Gasteiger charge is -2.36. The second-order valence-corrected chi connectivity index (χ2v) is 5.41. The first kappa shape index (κ1) is 15.5. The number of piperazine rings is 1. The van der Waals surface area contributed by atoms with Crippen LogP contribution in [-0.4, -0.2) is 55.2 Å². The lowest BCUT2D eigenvalue weighted by molar-refractivity contribution is 0.0911. The van der Waals surface area contributed by atoms with Crippen LogP contribution in [0, 0.1) is 5.82 Å². The molecule has 0 aliphatic carbocycles. The second kappa shape index (κ2) is 7.23. The standard InChI is InChI=1S/C16H19FN4O2/c17-13-3-1-2-4-14(13)21-11-9-20(10-12-21)8-7-18-16(22)15-5-6-19-23-15/h1-6H,7-12H2,(H,18,22). The normalized spacial score (nSPS) is 15.6. The first-order valence-electron chi connectivity index (χ1n) is 7.65. The Kier molecular flexibility index (Phi) is 4.87. The molecule has 1 saturated heterocycles. The van der Waals surface area contributed by atoms with Crippen LogP contribution in [0.15, 0.2) is 41.1 Å². The molecule has 6 nitrogen and oxygen atoms in total. The fourth-order valence-electron chi connectivity index (χ4n) is 2.67. The number of amides is 1. The minimum atomic E-state index is -0.257. The van der Waals surface area contributed by atoms with E-state index in [0.717, 1.165) is 32.7 Å². The first-order chi connectivity index (χ1) is 11.2. The predicted molar refractivity (Wildman–Crippen MR) is 83.9 cm³/mol. The fourth-order valence-corrected chi connectivity index (χ4v) is 2.67. The van der Waals surface area contributed by atoms with Gasteiger partial charge < -0.3 is 14.7 Å². The van der Waals surface area contributed by atoms with Gasteiger partial charge in [-0.1, -0.05) is 17.3 Å². The zero-order valence-electron chi connectivity index (χ0n) is 12.7. The molecule has 0 atom stereocenters. The summed E-state index contributed by atoms with van der Waals surface area (Å²) < 4.78 is 18.6. The van der Waals surface area contributed by atoms with Crippen LogP contribution in [0.5, 0.6) is 0 Å². The van der Waals surface area contributed by atoms with Crippen molar-refractivity contribution in [2.24, 2.45) is 0 Å². The highest BCUT2D eigenvalue weighted by atomic mass is 19.1. The van der Waals surface area contributed by atoms with E-state index < -0.39 is 0 Å². The van der Waals surface area contributed by atoms with Gasteiger partial charge in [0, 0.05) is 45.3 Å². The molecule has 1 N–H and O–H groups in total. The number of benzene rings is 1. The van der Waals surface area contributed by atoms with Crippen molar-refractivity contribution >= 4 is 11.6 Å². The molecule has 1 amide bonds. The summed E-state index contributed by atoms with van der Waals surface area (Å²) in [5, 5.41) is 6.30. The maximum atomic E-state index is 13.8. The third kappa shape index (κ3) is 3.87. The van der Waals surface area contributed by atoms with E-state index in [1.54, 1.807) is 6.07 Å². The summed E-state index contributed by atoms with van der Waals surface area (Å²) in [6.45, 7) is 4.53. The van der Waals surface area contributed by atoms with E-state index in [2.05, 4.69) is 20.3 Å². The Morgan fingerprint density at radius 2 is 2.00 bits per heavy atom. The molecule has 7 heteroatoms. The summed E-state index contributed by atoms with van der Waals surface area (Å²) in [5.74, 6) is -0.220. The van der Waals surface area contributed by atoms with E-state index in [0.29, 0.717) is 12.2 Å². The smallest absolute Gasteiger partial charge is 0.289 e. The molecule has 0 spiro atoms. The molecule has 23 heavy (non-hydrogen) atoms. The fraction of sp³-hybridized carbons (Fsp3) is 0.375. The van der Waals surface area contributed by atoms with Crippen molar-refractivity contribution < 1.29 is 13.7 Å². The molecule has 0 saturated carbocycles. The molecule has 1 fully saturated rings. The van der Waals surface area contributed by atoms with Crippen LogP contribution >= 0.6 is 0 Å². The lowest BCUT2D eigenvalue weighted by Crippen LogP contribution is -2.48. The van der Waals surface area contributed by atoms with Gasteiger partial charge in [-0.2, -0.15) is 0 Å². The van der Waals surface area contributed by atoms with Crippen molar-refractivity contribution in [2.45, 2.75) is 0 Å². The number of nitrogens with one attached hydrogen (secondary N) is 1. The molecule has 1 aliphatic rings. The van der Waals surface area contributed by atoms with Crippen LogP contribution in [0.4, 0.5) is 10.1 Å². The topological polar surface area (TPSA) is 61.6 Å². The minimum absolute atomic E-state index is 0.180. The van der Waals surface area contributed by atoms with E-state index >= 15 is 0 Å². The average Bonchev–Trinajstić information content (AvgIpc) is 3.11. The van der Waals surface area contributed by atoms with Crippen molar-refractivity contribution in [1.29, 1.82) is 0 Å². The number of hydrogen-bond acceptors (Lipinski definition) is 5. The molecule has 0 bridgehead atoms. The van der Waals surface area contributed by atoms with Crippen molar-refractivity contribution in [3.8, 4) is 0 Å². The van der Waals surface area contributed by atoms with Gasteiger partial charge in [0.2, 0.25) is 5.76 Å². The lowest BCUT2D eigenvalue weighted by atomic mass is 10.2. The zero-order chi connectivity index (χ0) is 16.1. The quantitative estimate of drug-likeness (QED) is 0.902. The van der Waals surface area contributed by atoms with Gasteiger partial charge in [-0.15, -0.1) is 0 Å². The molecule has 2 heterocycles. The first-order valence-corrected chi connectivity index (χ1v) is 7.65. The van der Waals surface area contributed by atoms with Crippen LogP contribution in [-0.2, 0) is 0 Å². The van der Waals surface area contributed by atoms with Crippen molar-refractivity contribution in [1.82, 2.24) is 15.4 Å². The number of carbonyl (C=O) groups excluding carboxylic acids is 1. The summed E-state index contributed by atoms with van der Waals surface area (Å²) in [5.41, 5.74) is 0.658. The summed E-state index contributed by atoms with van der Waals surface area (Å²) in [7, 11) is 0. The number of aromatic nitrogens is 1. The molecule has 1 aliphatic heterocycles. The Hall–Kier alpha value is -2.41. The van der Waals surface area contributed by atoms with E-state index in [9.17, 15) is 9.18 Å². The van der Waals surface area contributed by atoms with E-state index in [1.807, 2.05) is 12.1 Å². The highest BCUT2D eigenvalue weighted by Crippen LogP contribution is 2.19. The third-order valence-electron chi connectivity index (χ3n) is 3.94. The van der Waals surface area contributed by atoms with Gasteiger partial charge >= 0.3 is 0 Å². The highest BCUT2D eigenvalue weighted by Gasteiger charge is 2.19.